The van der Waals surface area contributed by atoms with Crippen LogP contribution in [0, 0.1) is 13.8 Å². The highest BCUT2D eigenvalue weighted by Gasteiger charge is 2.16. The van der Waals surface area contributed by atoms with Gasteiger partial charge in [-0.25, -0.2) is 0 Å². The van der Waals surface area contributed by atoms with Crippen LogP contribution in [-0.4, -0.2) is 26.3 Å². The molecule has 1 aromatic heterocycles. The fourth-order valence-electron chi connectivity index (χ4n) is 3.15. The number of aryl methyl sites for hydroxylation is 2. The Kier molecular flexibility index (Phi) is 6.48. The van der Waals surface area contributed by atoms with E-state index in [0.29, 0.717) is 23.0 Å². The second-order valence-corrected chi connectivity index (χ2v) is 8.31. The molecule has 0 fully saturated rings. The minimum Gasteiger partial charge on any atom is -0.378 e. The maximum atomic E-state index is 12.6. The van der Waals surface area contributed by atoms with Crippen molar-refractivity contribution in [2.75, 3.05) is 11.1 Å². The second kappa shape index (κ2) is 9.62. The van der Waals surface area contributed by atoms with Gasteiger partial charge in [-0.05, 0) is 38.1 Å². The fraction of sp³-hybridized carbons (Fsp3) is 0.160. The molecular formula is C25H24N4OS. The zero-order valence-corrected chi connectivity index (χ0v) is 18.4. The first kappa shape index (κ1) is 20.9. The zero-order valence-electron chi connectivity index (χ0n) is 17.6. The van der Waals surface area contributed by atoms with Gasteiger partial charge < -0.3 is 5.32 Å². The fourth-order valence-corrected chi connectivity index (χ4v) is 4.02. The summed E-state index contributed by atoms with van der Waals surface area (Å²) in [6.45, 7) is 4.65. The number of hydrogen-bond acceptors (Lipinski definition) is 5. The van der Waals surface area contributed by atoms with E-state index in [-0.39, 0.29) is 5.78 Å². The Morgan fingerprint density at radius 1 is 0.871 bits per heavy atom. The van der Waals surface area contributed by atoms with Gasteiger partial charge in [0.1, 0.15) is 0 Å². The molecule has 156 valence electrons. The molecule has 31 heavy (non-hydrogen) atoms. The van der Waals surface area contributed by atoms with Crippen molar-refractivity contribution >= 4 is 23.2 Å². The summed E-state index contributed by atoms with van der Waals surface area (Å²) in [5.74, 6) is 1.17. The van der Waals surface area contributed by atoms with Gasteiger partial charge in [-0.2, -0.15) is 0 Å². The van der Waals surface area contributed by atoms with E-state index in [2.05, 4.69) is 77.9 Å². The average Bonchev–Trinajstić information content (AvgIpc) is 3.21. The van der Waals surface area contributed by atoms with Gasteiger partial charge in [-0.3, -0.25) is 9.36 Å². The van der Waals surface area contributed by atoms with Gasteiger partial charge in [-0.1, -0.05) is 77.5 Å². The summed E-state index contributed by atoms with van der Waals surface area (Å²) < 4.78 is 2.02. The molecule has 4 aromatic rings. The predicted octanol–water partition coefficient (Wildman–Crippen LogP) is 5.47. The lowest BCUT2D eigenvalue weighted by atomic mass is 10.2. The van der Waals surface area contributed by atoms with E-state index < -0.39 is 0 Å². The quantitative estimate of drug-likeness (QED) is 0.298. The Labute approximate surface area is 186 Å². The normalized spacial score (nSPS) is 10.8. The molecule has 1 N–H and O–H groups in total. The molecule has 0 amide bonds. The summed E-state index contributed by atoms with van der Waals surface area (Å²) in [5.41, 5.74) is 5.11. The van der Waals surface area contributed by atoms with Crippen molar-refractivity contribution in [3.63, 3.8) is 0 Å². The van der Waals surface area contributed by atoms with Gasteiger partial charge in [0.25, 0.3) is 0 Å². The molecule has 0 unspecified atom stereocenters. The lowest BCUT2D eigenvalue weighted by Gasteiger charge is -2.12. The van der Waals surface area contributed by atoms with Gasteiger partial charge in [0, 0.05) is 16.9 Å². The number of hydrogen-bond donors (Lipinski definition) is 1. The largest absolute Gasteiger partial charge is 0.378 e. The first-order valence-electron chi connectivity index (χ1n) is 10.1. The minimum absolute atomic E-state index is 0.0726. The SMILES string of the molecule is Cc1ccc(NCc2nnc(SCC(=O)c3ccccc3)n2-c2ccc(C)cc2)cc1. The van der Waals surface area contributed by atoms with E-state index in [9.17, 15) is 4.79 Å². The van der Waals surface area contributed by atoms with Gasteiger partial charge in [0.15, 0.2) is 16.8 Å². The second-order valence-electron chi connectivity index (χ2n) is 7.37. The maximum Gasteiger partial charge on any atom is 0.196 e. The third-order valence-corrected chi connectivity index (χ3v) is 5.85. The molecule has 5 nitrogen and oxygen atoms in total. The smallest absolute Gasteiger partial charge is 0.196 e. The summed E-state index contributed by atoms with van der Waals surface area (Å²) in [6.07, 6.45) is 0. The molecule has 0 saturated heterocycles. The monoisotopic (exact) mass is 428 g/mol. The third-order valence-electron chi connectivity index (χ3n) is 4.92. The molecular weight excluding hydrogens is 404 g/mol. The molecule has 0 bridgehead atoms. The van der Waals surface area contributed by atoms with Crippen LogP contribution in [0.4, 0.5) is 5.69 Å². The Morgan fingerprint density at radius 3 is 2.19 bits per heavy atom. The molecule has 1 heterocycles. The summed E-state index contributed by atoms with van der Waals surface area (Å²) >= 11 is 1.41. The molecule has 3 aromatic carbocycles. The Balaban J connectivity index is 1.56. The minimum atomic E-state index is 0.0726. The van der Waals surface area contributed by atoms with Gasteiger partial charge in [0.05, 0.1) is 12.3 Å². The Hall–Kier alpha value is -3.38. The molecule has 6 heteroatoms. The van der Waals surface area contributed by atoms with E-state index in [1.165, 1.54) is 22.9 Å². The van der Waals surface area contributed by atoms with Gasteiger partial charge in [0.2, 0.25) is 0 Å². The molecule has 0 radical (unpaired) electrons. The lowest BCUT2D eigenvalue weighted by molar-refractivity contribution is 0.102. The van der Waals surface area contributed by atoms with Crippen molar-refractivity contribution in [1.82, 2.24) is 14.8 Å². The number of benzene rings is 3. The van der Waals surface area contributed by atoms with Crippen LogP contribution < -0.4 is 5.32 Å². The molecule has 0 spiro atoms. The van der Waals surface area contributed by atoms with E-state index in [4.69, 9.17) is 0 Å². The van der Waals surface area contributed by atoms with Crippen LogP contribution in [0.5, 0.6) is 0 Å². The molecule has 0 aliphatic heterocycles. The highest BCUT2D eigenvalue weighted by atomic mass is 32.2. The number of Topliss-reactive ketones (excluding diaryl/α,β-unsaturated/α-hetero) is 1. The van der Waals surface area contributed by atoms with Crippen molar-refractivity contribution in [2.45, 2.75) is 25.5 Å². The first-order valence-corrected chi connectivity index (χ1v) is 11.1. The number of anilines is 1. The molecule has 0 atom stereocenters. The number of carbonyl (C=O) groups excluding carboxylic acids is 1. The van der Waals surface area contributed by atoms with Crippen LogP contribution in [-0.2, 0) is 6.54 Å². The number of aromatic nitrogens is 3. The van der Waals surface area contributed by atoms with Crippen molar-refractivity contribution in [3.8, 4) is 5.69 Å². The van der Waals surface area contributed by atoms with Crippen LogP contribution in [0.15, 0.2) is 84.0 Å². The van der Waals surface area contributed by atoms with E-state index >= 15 is 0 Å². The van der Waals surface area contributed by atoms with Crippen LogP contribution in [0.3, 0.4) is 0 Å². The Morgan fingerprint density at radius 2 is 1.52 bits per heavy atom. The molecule has 0 saturated carbocycles. The third kappa shape index (κ3) is 5.22. The van der Waals surface area contributed by atoms with Gasteiger partial charge in [-0.15, -0.1) is 10.2 Å². The van der Waals surface area contributed by atoms with Crippen LogP contribution in [0.1, 0.15) is 27.3 Å². The van der Waals surface area contributed by atoms with Gasteiger partial charge >= 0.3 is 0 Å². The number of nitrogens with one attached hydrogen (secondary N) is 1. The first-order chi connectivity index (χ1) is 15.1. The van der Waals surface area contributed by atoms with Crippen molar-refractivity contribution in [2.24, 2.45) is 0 Å². The van der Waals surface area contributed by atoms with E-state index in [1.807, 2.05) is 34.9 Å². The number of thioether (sulfide) groups is 1. The Bertz CT molecular complexity index is 1150. The summed E-state index contributed by atoms with van der Waals surface area (Å²) in [6, 6.07) is 25.8. The predicted molar refractivity (Wildman–Crippen MR) is 126 cm³/mol. The average molecular weight is 429 g/mol. The van der Waals surface area contributed by atoms with Crippen LogP contribution >= 0.6 is 11.8 Å². The molecule has 0 aliphatic rings. The molecule has 0 aliphatic carbocycles. The summed E-state index contributed by atoms with van der Waals surface area (Å²) in [4.78, 5) is 12.6. The standard InChI is InChI=1S/C25H24N4OS/c1-18-8-12-21(13-9-18)26-16-24-27-28-25(29(24)22-14-10-19(2)11-15-22)31-17-23(30)20-6-4-3-5-7-20/h3-15,26H,16-17H2,1-2H3. The maximum absolute atomic E-state index is 12.6. The highest BCUT2D eigenvalue weighted by Crippen LogP contribution is 2.24. The van der Waals surface area contributed by atoms with E-state index in [1.54, 1.807) is 0 Å². The number of ketones is 1. The van der Waals surface area contributed by atoms with Crippen LogP contribution in [0.2, 0.25) is 0 Å². The van der Waals surface area contributed by atoms with Crippen molar-refractivity contribution in [1.29, 1.82) is 0 Å². The highest BCUT2D eigenvalue weighted by molar-refractivity contribution is 7.99. The number of rotatable bonds is 8. The number of nitrogens with zero attached hydrogens (tertiary/aromatic N) is 3. The van der Waals surface area contributed by atoms with Crippen molar-refractivity contribution < 1.29 is 4.79 Å². The number of carbonyl (C=O) groups is 1. The van der Waals surface area contributed by atoms with Crippen molar-refractivity contribution in [3.05, 3.63) is 101 Å². The topological polar surface area (TPSA) is 59.8 Å². The summed E-state index contributed by atoms with van der Waals surface area (Å²) in [7, 11) is 0. The zero-order chi connectivity index (χ0) is 21.6. The van der Waals surface area contributed by atoms with Crippen LogP contribution in [0.25, 0.3) is 5.69 Å². The lowest BCUT2D eigenvalue weighted by Crippen LogP contribution is -2.09. The van der Waals surface area contributed by atoms with E-state index in [0.717, 1.165) is 17.2 Å². The summed E-state index contributed by atoms with van der Waals surface area (Å²) in [5, 5.41) is 12.9. The molecule has 4 rings (SSSR count).